The average molecular weight is 291 g/mol. The van der Waals surface area contributed by atoms with Gasteiger partial charge in [0.2, 0.25) is 11.8 Å². The lowest BCUT2D eigenvalue weighted by Gasteiger charge is -2.35. The first kappa shape index (κ1) is 15.6. The number of hydrogen-bond donors (Lipinski definition) is 1. The van der Waals surface area contributed by atoms with Crippen molar-refractivity contribution in [3.63, 3.8) is 0 Å². The Bertz CT molecular complexity index is 497. The Morgan fingerprint density at radius 3 is 2.90 bits per heavy atom. The molecule has 0 saturated carbocycles. The summed E-state index contributed by atoms with van der Waals surface area (Å²) in [6, 6.07) is 3.89. The number of anilines is 1. The summed E-state index contributed by atoms with van der Waals surface area (Å²) in [6.07, 6.45) is 3.71. The van der Waals surface area contributed by atoms with Crippen molar-refractivity contribution in [3.8, 4) is 5.88 Å². The number of nitrogens with one attached hydrogen (secondary N) is 1. The highest BCUT2D eigenvalue weighted by Crippen LogP contribution is 2.25. The van der Waals surface area contributed by atoms with Crippen LogP contribution in [0.5, 0.6) is 5.88 Å². The van der Waals surface area contributed by atoms with Crippen molar-refractivity contribution in [2.45, 2.75) is 39.2 Å². The van der Waals surface area contributed by atoms with Crippen molar-refractivity contribution in [3.05, 3.63) is 18.3 Å². The van der Waals surface area contributed by atoms with Crippen LogP contribution in [-0.4, -0.2) is 36.6 Å². The lowest BCUT2D eigenvalue weighted by molar-refractivity contribution is -0.126. The third-order valence-electron chi connectivity index (χ3n) is 3.58. The van der Waals surface area contributed by atoms with E-state index < -0.39 is 0 Å². The van der Waals surface area contributed by atoms with Gasteiger partial charge < -0.3 is 15.0 Å². The Morgan fingerprint density at radius 2 is 2.24 bits per heavy atom. The Hall–Kier alpha value is -1.78. The minimum absolute atomic E-state index is 0.0390. The highest BCUT2D eigenvalue weighted by molar-refractivity contribution is 5.80. The van der Waals surface area contributed by atoms with Gasteiger partial charge in [0.05, 0.1) is 13.0 Å². The van der Waals surface area contributed by atoms with E-state index in [2.05, 4.69) is 15.2 Å². The summed E-state index contributed by atoms with van der Waals surface area (Å²) >= 11 is 0. The quantitative estimate of drug-likeness (QED) is 0.928. The third-order valence-corrected chi connectivity index (χ3v) is 3.58. The molecule has 2 heterocycles. The van der Waals surface area contributed by atoms with Crippen LogP contribution in [-0.2, 0) is 4.79 Å². The summed E-state index contributed by atoms with van der Waals surface area (Å²) in [5.74, 6) is 0.791. The summed E-state index contributed by atoms with van der Waals surface area (Å²) in [5, 5.41) is 3.08. The van der Waals surface area contributed by atoms with Crippen LogP contribution in [0.25, 0.3) is 0 Å². The van der Waals surface area contributed by atoms with Gasteiger partial charge in [-0.15, -0.1) is 0 Å². The third kappa shape index (κ3) is 4.34. The van der Waals surface area contributed by atoms with Gasteiger partial charge in [0.25, 0.3) is 0 Å². The maximum atomic E-state index is 12.3. The maximum Gasteiger partial charge on any atom is 0.225 e. The van der Waals surface area contributed by atoms with Crippen molar-refractivity contribution in [1.29, 1.82) is 0 Å². The Morgan fingerprint density at radius 1 is 1.48 bits per heavy atom. The Kier molecular flexibility index (Phi) is 4.70. The molecule has 1 aromatic heterocycles. The molecular formula is C16H25N3O2. The Balaban J connectivity index is 2.04. The smallest absolute Gasteiger partial charge is 0.225 e. The molecule has 1 aromatic rings. The van der Waals surface area contributed by atoms with Gasteiger partial charge in [-0.25, -0.2) is 4.98 Å². The predicted molar refractivity (Wildman–Crippen MR) is 83.6 cm³/mol. The molecule has 5 nitrogen and oxygen atoms in total. The predicted octanol–water partition coefficient (Wildman–Crippen LogP) is 2.22. The number of nitrogens with zero attached hydrogens (tertiary/aromatic N) is 2. The van der Waals surface area contributed by atoms with Crippen molar-refractivity contribution in [2.24, 2.45) is 5.92 Å². The molecule has 1 N–H and O–H groups in total. The van der Waals surface area contributed by atoms with Crippen LogP contribution < -0.4 is 15.0 Å². The normalized spacial score (nSPS) is 19.2. The van der Waals surface area contributed by atoms with Crippen molar-refractivity contribution < 1.29 is 9.53 Å². The fourth-order valence-electron chi connectivity index (χ4n) is 2.60. The van der Waals surface area contributed by atoms with Crippen LogP contribution in [0.4, 0.5) is 5.69 Å². The number of aromatic nitrogens is 1. The molecule has 1 fully saturated rings. The molecular weight excluding hydrogens is 266 g/mol. The van der Waals surface area contributed by atoms with Gasteiger partial charge >= 0.3 is 0 Å². The van der Waals surface area contributed by atoms with Gasteiger partial charge in [-0.2, -0.15) is 0 Å². The number of carbonyl (C=O) groups is 1. The number of methoxy groups -OCH3 is 1. The lowest BCUT2D eigenvalue weighted by Crippen LogP contribution is -2.48. The first-order valence-electron chi connectivity index (χ1n) is 7.46. The van der Waals surface area contributed by atoms with Crippen molar-refractivity contribution >= 4 is 11.6 Å². The zero-order valence-corrected chi connectivity index (χ0v) is 13.3. The number of amides is 1. The van der Waals surface area contributed by atoms with Gasteiger partial charge in [0.1, 0.15) is 0 Å². The number of rotatable bonds is 3. The standard InChI is InChI=1S/C16H25N3O2/c1-16(2,3)18-15(20)12-6-5-9-19(11-12)13-7-8-17-14(10-13)21-4/h7-8,10,12H,5-6,9,11H2,1-4H3,(H,18,20). The second-order valence-corrected chi connectivity index (χ2v) is 6.58. The monoisotopic (exact) mass is 291 g/mol. The molecule has 1 unspecified atom stereocenters. The summed E-state index contributed by atoms with van der Waals surface area (Å²) < 4.78 is 5.17. The van der Waals surface area contributed by atoms with E-state index in [-0.39, 0.29) is 17.4 Å². The summed E-state index contributed by atoms with van der Waals surface area (Å²) in [7, 11) is 1.61. The molecule has 1 saturated heterocycles. The average Bonchev–Trinajstić information content (AvgIpc) is 2.46. The van der Waals surface area contributed by atoms with Crippen LogP contribution in [0, 0.1) is 5.92 Å². The van der Waals surface area contributed by atoms with Gasteiger partial charge in [-0.3, -0.25) is 4.79 Å². The van der Waals surface area contributed by atoms with Crippen LogP contribution in [0.15, 0.2) is 18.3 Å². The fraction of sp³-hybridized carbons (Fsp3) is 0.625. The highest BCUT2D eigenvalue weighted by atomic mass is 16.5. The minimum atomic E-state index is -0.181. The molecule has 1 aliphatic rings. The molecule has 1 atom stereocenters. The zero-order chi connectivity index (χ0) is 15.5. The van der Waals surface area contributed by atoms with Crippen molar-refractivity contribution in [1.82, 2.24) is 10.3 Å². The summed E-state index contributed by atoms with van der Waals surface area (Å²) in [5.41, 5.74) is 0.884. The number of hydrogen-bond acceptors (Lipinski definition) is 4. The second-order valence-electron chi connectivity index (χ2n) is 6.58. The zero-order valence-electron chi connectivity index (χ0n) is 13.3. The molecule has 0 spiro atoms. The topological polar surface area (TPSA) is 54.5 Å². The van der Waals surface area contributed by atoms with E-state index in [1.807, 2.05) is 32.9 Å². The van der Waals surface area contributed by atoms with E-state index in [9.17, 15) is 4.79 Å². The van der Waals surface area contributed by atoms with E-state index >= 15 is 0 Å². The highest BCUT2D eigenvalue weighted by Gasteiger charge is 2.28. The molecule has 0 aliphatic carbocycles. The maximum absolute atomic E-state index is 12.3. The largest absolute Gasteiger partial charge is 0.481 e. The number of pyridine rings is 1. The molecule has 21 heavy (non-hydrogen) atoms. The summed E-state index contributed by atoms with van der Waals surface area (Å²) in [6.45, 7) is 7.75. The minimum Gasteiger partial charge on any atom is -0.481 e. The number of carbonyl (C=O) groups excluding carboxylic acids is 1. The van der Waals surface area contributed by atoms with Gasteiger partial charge in [0.15, 0.2) is 0 Å². The van der Waals surface area contributed by atoms with E-state index in [1.54, 1.807) is 13.3 Å². The molecule has 1 aliphatic heterocycles. The van der Waals surface area contributed by atoms with E-state index in [0.29, 0.717) is 5.88 Å². The van der Waals surface area contributed by atoms with Crippen LogP contribution in [0.1, 0.15) is 33.6 Å². The van der Waals surface area contributed by atoms with E-state index in [0.717, 1.165) is 31.6 Å². The first-order chi connectivity index (χ1) is 9.89. The SMILES string of the molecule is COc1cc(N2CCCC(C(=O)NC(C)(C)C)C2)ccn1. The summed E-state index contributed by atoms with van der Waals surface area (Å²) in [4.78, 5) is 18.7. The van der Waals surface area contributed by atoms with Gasteiger partial charge in [0, 0.05) is 36.6 Å². The fourth-order valence-corrected chi connectivity index (χ4v) is 2.60. The van der Waals surface area contributed by atoms with Crippen molar-refractivity contribution in [2.75, 3.05) is 25.1 Å². The van der Waals surface area contributed by atoms with Crippen LogP contribution in [0.3, 0.4) is 0 Å². The van der Waals surface area contributed by atoms with E-state index in [1.165, 1.54) is 0 Å². The van der Waals surface area contributed by atoms with E-state index in [4.69, 9.17) is 4.74 Å². The number of ether oxygens (including phenoxy) is 1. The van der Waals surface area contributed by atoms with Crippen LogP contribution >= 0.6 is 0 Å². The lowest BCUT2D eigenvalue weighted by atomic mass is 9.95. The number of piperidine rings is 1. The Labute approximate surface area is 126 Å². The van der Waals surface area contributed by atoms with Gasteiger partial charge in [-0.05, 0) is 39.7 Å². The molecule has 116 valence electrons. The first-order valence-corrected chi connectivity index (χ1v) is 7.46. The second kappa shape index (κ2) is 6.33. The molecule has 0 bridgehead atoms. The molecule has 5 heteroatoms. The van der Waals surface area contributed by atoms with Crippen LogP contribution in [0.2, 0.25) is 0 Å². The molecule has 0 radical (unpaired) electrons. The van der Waals surface area contributed by atoms with Gasteiger partial charge in [-0.1, -0.05) is 0 Å². The molecule has 2 rings (SSSR count). The molecule has 1 amide bonds. The molecule has 0 aromatic carbocycles.